The molecule has 0 bridgehead atoms. The average molecular weight is 450 g/mol. The first-order chi connectivity index (χ1) is 15.5. The number of nitrogens with zero attached hydrogens (tertiary/aromatic N) is 4. The lowest BCUT2D eigenvalue weighted by molar-refractivity contribution is -0.123. The van der Waals surface area contributed by atoms with E-state index < -0.39 is 6.04 Å². The van der Waals surface area contributed by atoms with Crippen LogP contribution in [0.5, 0.6) is 0 Å². The summed E-state index contributed by atoms with van der Waals surface area (Å²) in [6.07, 6.45) is 8.62. The van der Waals surface area contributed by atoms with Crippen LogP contribution >= 0.6 is 11.5 Å². The molecule has 7 nitrogen and oxygen atoms in total. The van der Waals surface area contributed by atoms with Gasteiger partial charge in [0, 0.05) is 29.5 Å². The van der Waals surface area contributed by atoms with E-state index in [1.807, 2.05) is 32.0 Å². The summed E-state index contributed by atoms with van der Waals surface area (Å²) in [5.41, 5.74) is 3.59. The average Bonchev–Trinajstić information content (AvgIpc) is 3.34. The van der Waals surface area contributed by atoms with E-state index in [4.69, 9.17) is 0 Å². The molecular formula is C24H27N5O2S. The van der Waals surface area contributed by atoms with E-state index in [9.17, 15) is 9.59 Å². The fourth-order valence-corrected chi connectivity index (χ4v) is 4.74. The molecule has 2 aromatic heterocycles. The SMILES string of the molecule is Cc1ccc(N(C(=O)c2csnn2)[C@H](C(=O)NC2CCCCC2)c2ccncc2)c(C)c1. The minimum atomic E-state index is -0.851. The van der Waals surface area contributed by atoms with Gasteiger partial charge in [-0.2, -0.15) is 0 Å². The van der Waals surface area contributed by atoms with E-state index in [1.54, 1.807) is 34.8 Å². The normalized spacial score (nSPS) is 15.2. The Labute approximate surface area is 192 Å². The highest BCUT2D eigenvalue weighted by molar-refractivity contribution is 7.03. The molecule has 1 saturated carbocycles. The highest BCUT2D eigenvalue weighted by atomic mass is 32.1. The third-order valence-electron chi connectivity index (χ3n) is 5.89. The molecule has 3 aromatic rings. The molecule has 4 rings (SSSR count). The number of anilines is 1. The maximum atomic E-state index is 13.7. The third kappa shape index (κ3) is 4.85. The zero-order valence-electron chi connectivity index (χ0n) is 18.3. The molecular weight excluding hydrogens is 422 g/mol. The molecule has 2 amide bonds. The van der Waals surface area contributed by atoms with Gasteiger partial charge in [0.2, 0.25) is 5.91 Å². The topological polar surface area (TPSA) is 88.1 Å². The number of pyridine rings is 1. The van der Waals surface area contributed by atoms with Crippen LogP contribution in [0.15, 0.2) is 48.1 Å². The zero-order valence-corrected chi connectivity index (χ0v) is 19.1. The van der Waals surface area contributed by atoms with Crippen molar-refractivity contribution in [3.8, 4) is 0 Å². The van der Waals surface area contributed by atoms with Gasteiger partial charge in [-0.1, -0.05) is 41.4 Å². The van der Waals surface area contributed by atoms with Crippen molar-refractivity contribution < 1.29 is 9.59 Å². The Balaban J connectivity index is 1.80. The van der Waals surface area contributed by atoms with E-state index in [0.29, 0.717) is 11.3 Å². The molecule has 0 aliphatic heterocycles. The molecule has 1 atom stereocenters. The molecule has 0 saturated heterocycles. The van der Waals surface area contributed by atoms with Gasteiger partial charge < -0.3 is 5.32 Å². The molecule has 1 aliphatic rings. The van der Waals surface area contributed by atoms with Crippen LogP contribution in [-0.2, 0) is 4.79 Å². The van der Waals surface area contributed by atoms with E-state index in [1.165, 1.54) is 6.42 Å². The summed E-state index contributed by atoms with van der Waals surface area (Å²) in [6, 6.07) is 8.70. The summed E-state index contributed by atoms with van der Waals surface area (Å²) in [4.78, 5) is 33.1. The van der Waals surface area contributed by atoms with Crippen molar-refractivity contribution in [2.75, 3.05) is 4.90 Å². The zero-order chi connectivity index (χ0) is 22.5. The Morgan fingerprint density at radius 1 is 1.09 bits per heavy atom. The Hall–Kier alpha value is -3.13. The summed E-state index contributed by atoms with van der Waals surface area (Å²) in [6.45, 7) is 3.95. The van der Waals surface area contributed by atoms with Crippen LogP contribution < -0.4 is 10.2 Å². The van der Waals surface area contributed by atoms with Gasteiger partial charge in [-0.25, -0.2) is 0 Å². The molecule has 1 aliphatic carbocycles. The third-order valence-corrected chi connectivity index (χ3v) is 6.39. The second-order valence-corrected chi connectivity index (χ2v) is 8.89. The van der Waals surface area contributed by atoms with Crippen LogP contribution in [0, 0.1) is 13.8 Å². The molecule has 0 unspecified atom stereocenters. The van der Waals surface area contributed by atoms with Crippen LogP contribution in [0.2, 0.25) is 0 Å². The number of aromatic nitrogens is 3. The number of hydrogen-bond acceptors (Lipinski definition) is 6. The van der Waals surface area contributed by atoms with E-state index in [-0.39, 0.29) is 23.6 Å². The maximum absolute atomic E-state index is 13.7. The van der Waals surface area contributed by atoms with Gasteiger partial charge in [-0.15, -0.1) is 5.10 Å². The number of amides is 2. The second-order valence-electron chi connectivity index (χ2n) is 8.28. The predicted molar refractivity (Wildman–Crippen MR) is 125 cm³/mol. The van der Waals surface area contributed by atoms with Crippen LogP contribution in [0.3, 0.4) is 0 Å². The summed E-state index contributed by atoms with van der Waals surface area (Å²) in [5.74, 6) is -0.550. The number of carbonyl (C=O) groups is 2. The first-order valence-electron chi connectivity index (χ1n) is 10.9. The fourth-order valence-electron chi connectivity index (χ4n) is 4.31. The first kappa shape index (κ1) is 22.1. The molecule has 0 spiro atoms. The number of benzene rings is 1. The maximum Gasteiger partial charge on any atom is 0.280 e. The minimum absolute atomic E-state index is 0.123. The summed E-state index contributed by atoms with van der Waals surface area (Å²) >= 11 is 1.11. The molecule has 1 N–H and O–H groups in total. The summed E-state index contributed by atoms with van der Waals surface area (Å²) < 4.78 is 3.86. The second kappa shape index (κ2) is 9.99. The van der Waals surface area contributed by atoms with Crippen LogP contribution in [0.25, 0.3) is 0 Å². The van der Waals surface area contributed by atoms with E-state index in [2.05, 4.69) is 19.9 Å². The summed E-state index contributed by atoms with van der Waals surface area (Å²) in [7, 11) is 0. The molecule has 8 heteroatoms. The number of hydrogen-bond donors (Lipinski definition) is 1. The Morgan fingerprint density at radius 2 is 1.84 bits per heavy atom. The van der Waals surface area contributed by atoms with Crippen molar-refractivity contribution in [1.82, 2.24) is 19.9 Å². The number of rotatable bonds is 6. The number of aryl methyl sites for hydroxylation is 2. The van der Waals surface area contributed by atoms with Crippen molar-refractivity contribution in [3.63, 3.8) is 0 Å². The monoisotopic (exact) mass is 449 g/mol. The Bertz CT molecular complexity index is 1070. The fraction of sp³-hybridized carbons (Fsp3) is 0.375. The lowest BCUT2D eigenvalue weighted by Gasteiger charge is -2.33. The van der Waals surface area contributed by atoms with Gasteiger partial charge in [0.15, 0.2) is 5.69 Å². The van der Waals surface area contributed by atoms with Crippen LogP contribution in [-0.4, -0.2) is 32.4 Å². The standard InChI is InChI=1S/C24H27N5O2S/c1-16-8-9-21(17(2)14-16)29(24(31)20-15-32-28-27-20)22(18-10-12-25-13-11-18)23(30)26-19-6-4-3-5-7-19/h8-15,19,22H,3-7H2,1-2H3,(H,26,30)/t22-/m0/s1. The Kier molecular flexibility index (Phi) is 6.90. The minimum Gasteiger partial charge on any atom is -0.351 e. The highest BCUT2D eigenvalue weighted by Crippen LogP contribution is 2.33. The molecule has 1 fully saturated rings. The lowest BCUT2D eigenvalue weighted by Crippen LogP contribution is -2.47. The first-order valence-corrected chi connectivity index (χ1v) is 11.8. The van der Waals surface area contributed by atoms with Gasteiger partial charge >= 0.3 is 0 Å². The number of carbonyl (C=O) groups excluding carboxylic acids is 2. The van der Waals surface area contributed by atoms with Gasteiger partial charge in [-0.05, 0) is 67.5 Å². The van der Waals surface area contributed by atoms with Crippen molar-refractivity contribution >= 4 is 29.0 Å². The van der Waals surface area contributed by atoms with Gasteiger partial charge in [0.05, 0.1) is 0 Å². The van der Waals surface area contributed by atoms with Crippen molar-refractivity contribution in [3.05, 3.63) is 70.5 Å². The Morgan fingerprint density at radius 3 is 2.50 bits per heavy atom. The van der Waals surface area contributed by atoms with Crippen LogP contribution in [0.1, 0.15) is 65.3 Å². The van der Waals surface area contributed by atoms with E-state index >= 15 is 0 Å². The lowest BCUT2D eigenvalue weighted by atomic mass is 9.94. The van der Waals surface area contributed by atoms with Gasteiger partial charge in [0.1, 0.15) is 6.04 Å². The molecule has 2 heterocycles. The summed E-state index contributed by atoms with van der Waals surface area (Å²) in [5, 5.41) is 8.82. The number of nitrogens with one attached hydrogen (secondary N) is 1. The highest BCUT2D eigenvalue weighted by Gasteiger charge is 2.36. The molecule has 0 radical (unpaired) electrons. The quantitative estimate of drug-likeness (QED) is 0.603. The molecule has 1 aromatic carbocycles. The van der Waals surface area contributed by atoms with Crippen molar-refractivity contribution in [1.29, 1.82) is 0 Å². The van der Waals surface area contributed by atoms with Crippen LogP contribution in [0.4, 0.5) is 5.69 Å². The van der Waals surface area contributed by atoms with Gasteiger partial charge in [-0.3, -0.25) is 19.5 Å². The van der Waals surface area contributed by atoms with Crippen molar-refractivity contribution in [2.24, 2.45) is 0 Å². The smallest absolute Gasteiger partial charge is 0.280 e. The predicted octanol–water partition coefficient (Wildman–Crippen LogP) is 4.39. The van der Waals surface area contributed by atoms with E-state index in [0.717, 1.165) is 48.3 Å². The molecule has 32 heavy (non-hydrogen) atoms. The molecule has 166 valence electrons. The van der Waals surface area contributed by atoms with Crippen molar-refractivity contribution in [2.45, 2.75) is 58.0 Å². The van der Waals surface area contributed by atoms with Gasteiger partial charge in [0.25, 0.3) is 5.91 Å². The largest absolute Gasteiger partial charge is 0.351 e.